The second-order valence-electron chi connectivity index (χ2n) is 6.25. The first-order valence-corrected chi connectivity index (χ1v) is 8.87. The topological polar surface area (TPSA) is 114 Å². The van der Waals surface area contributed by atoms with Gasteiger partial charge in [-0.25, -0.2) is 9.78 Å². The number of pyridine rings is 2. The summed E-state index contributed by atoms with van der Waals surface area (Å²) in [7, 11) is -1.76. The van der Waals surface area contributed by atoms with Crippen molar-refractivity contribution in [1.82, 2.24) is 14.5 Å². The minimum atomic E-state index is -1.76. The third kappa shape index (κ3) is 4.36. The van der Waals surface area contributed by atoms with Crippen LogP contribution in [0.4, 0.5) is 0 Å². The minimum absolute atomic E-state index is 0.0836. The lowest BCUT2D eigenvalue weighted by atomic mass is 9.81. The second kappa shape index (κ2) is 8.62. The van der Waals surface area contributed by atoms with Crippen LogP contribution in [0.15, 0.2) is 23.3 Å². The number of ether oxygens (including phenoxy) is 2. The molecule has 3 heterocycles. The number of nitrogens with zero attached hydrogens (tertiary/aromatic N) is 3. The van der Waals surface area contributed by atoms with Crippen molar-refractivity contribution >= 4 is 29.6 Å². The van der Waals surface area contributed by atoms with Gasteiger partial charge in [-0.15, -0.1) is 0 Å². The standard InChI is InChI=1S/C17H22BN3O6/c1-2-27-17(23)14-11-21(4-3-20-5-7-26-8-6-20)16-13(15(14)22)9-12(10-19-16)18(24)25/h9-11,24-25H,2-8H2,1H3. The summed E-state index contributed by atoms with van der Waals surface area (Å²) < 4.78 is 12.1. The Morgan fingerprint density at radius 3 is 2.74 bits per heavy atom. The zero-order valence-corrected chi connectivity index (χ0v) is 15.1. The first-order valence-electron chi connectivity index (χ1n) is 8.87. The van der Waals surface area contributed by atoms with Gasteiger partial charge in [-0.05, 0) is 13.0 Å². The number of rotatable bonds is 6. The molecule has 0 bridgehead atoms. The van der Waals surface area contributed by atoms with E-state index in [0.29, 0.717) is 32.0 Å². The van der Waals surface area contributed by atoms with Gasteiger partial charge < -0.3 is 24.1 Å². The van der Waals surface area contributed by atoms with E-state index < -0.39 is 18.5 Å². The average Bonchev–Trinajstić information content (AvgIpc) is 2.68. The number of hydrogen-bond acceptors (Lipinski definition) is 8. The van der Waals surface area contributed by atoms with Crippen molar-refractivity contribution in [3.8, 4) is 0 Å². The SMILES string of the molecule is CCOC(=O)c1cn(CCN2CCOCC2)c2ncc(B(O)O)cc2c1=O. The van der Waals surface area contributed by atoms with Crippen LogP contribution >= 0.6 is 0 Å². The van der Waals surface area contributed by atoms with Crippen LogP contribution in [0, 0.1) is 0 Å². The van der Waals surface area contributed by atoms with Crippen LogP contribution in [0.1, 0.15) is 17.3 Å². The molecule has 2 N–H and O–H groups in total. The molecule has 0 atom stereocenters. The maximum atomic E-state index is 12.7. The Morgan fingerprint density at radius 1 is 1.33 bits per heavy atom. The van der Waals surface area contributed by atoms with Gasteiger partial charge in [0.15, 0.2) is 0 Å². The normalized spacial score (nSPS) is 15.1. The third-order valence-corrected chi connectivity index (χ3v) is 4.49. The average molecular weight is 375 g/mol. The molecular formula is C17H22BN3O6. The molecule has 1 aliphatic rings. The zero-order chi connectivity index (χ0) is 19.4. The summed E-state index contributed by atoms with van der Waals surface area (Å²) in [4.78, 5) is 31.4. The maximum Gasteiger partial charge on any atom is 0.490 e. The number of carbonyl (C=O) groups is 1. The van der Waals surface area contributed by atoms with Crippen molar-refractivity contribution in [2.45, 2.75) is 13.5 Å². The quantitative estimate of drug-likeness (QED) is 0.468. The van der Waals surface area contributed by atoms with Crippen LogP contribution in [0.2, 0.25) is 0 Å². The van der Waals surface area contributed by atoms with E-state index in [0.717, 1.165) is 13.1 Å². The first kappa shape index (κ1) is 19.5. The lowest BCUT2D eigenvalue weighted by Crippen LogP contribution is -2.38. The van der Waals surface area contributed by atoms with E-state index in [9.17, 15) is 19.6 Å². The molecule has 27 heavy (non-hydrogen) atoms. The van der Waals surface area contributed by atoms with Gasteiger partial charge in [0.2, 0.25) is 5.43 Å². The number of aromatic nitrogens is 2. The highest BCUT2D eigenvalue weighted by atomic mass is 16.5. The number of esters is 1. The summed E-state index contributed by atoms with van der Waals surface area (Å²) in [5.74, 6) is -0.709. The molecule has 9 nitrogen and oxygen atoms in total. The molecule has 0 saturated carbocycles. The zero-order valence-electron chi connectivity index (χ0n) is 15.1. The van der Waals surface area contributed by atoms with Crippen LogP contribution in [0.5, 0.6) is 0 Å². The second-order valence-corrected chi connectivity index (χ2v) is 6.25. The molecular weight excluding hydrogens is 353 g/mol. The molecule has 0 aromatic carbocycles. The molecule has 0 radical (unpaired) electrons. The lowest BCUT2D eigenvalue weighted by Gasteiger charge is -2.27. The van der Waals surface area contributed by atoms with Crippen molar-refractivity contribution in [3.63, 3.8) is 0 Å². The Labute approximate surface area is 156 Å². The number of fused-ring (bicyclic) bond motifs is 1. The van der Waals surface area contributed by atoms with Crippen molar-refractivity contribution in [1.29, 1.82) is 0 Å². The predicted octanol–water partition coefficient (Wildman–Crippen LogP) is -1.41. The Balaban J connectivity index is 2.02. The van der Waals surface area contributed by atoms with Crippen molar-refractivity contribution < 1.29 is 24.3 Å². The van der Waals surface area contributed by atoms with E-state index in [1.54, 1.807) is 11.5 Å². The summed E-state index contributed by atoms with van der Waals surface area (Å²) in [5.41, 5.74) is -0.176. The molecule has 1 fully saturated rings. The van der Waals surface area contributed by atoms with Gasteiger partial charge in [-0.1, -0.05) is 0 Å². The van der Waals surface area contributed by atoms with Crippen LogP contribution in [0.25, 0.3) is 11.0 Å². The first-order chi connectivity index (χ1) is 13.0. The molecule has 10 heteroatoms. The summed E-state index contributed by atoms with van der Waals surface area (Å²) in [5, 5.41) is 18.9. The van der Waals surface area contributed by atoms with Gasteiger partial charge in [0.05, 0.1) is 25.2 Å². The van der Waals surface area contributed by atoms with E-state index in [4.69, 9.17) is 9.47 Å². The van der Waals surface area contributed by atoms with Gasteiger partial charge >= 0.3 is 13.1 Å². The fourth-order valence-corrected chi connectivity index (χ4v) is 3.03. The molecule has 2 aromatic heterocycles. The highest BCUT2D eigenvalue weighted by Gasteiger charge is 2.20. The van der Waals surface area contributed by atoms with Gasteiger partial charge in [0.1, 0.15) is 11.2 Å². The fraction of sp³-hybridized carbons (Fsp3) is 0.471. The van der Waals surface area contributed by atoms with Crippen LogP contribution < -0.4 is 10.9 Å². The lowest BCUT2D eigenvalue weighted by molar-refractivity contribution is 0.0365. The van der Waals surface area contributed by atoms with E-state index in [-0.39, 0.29) is 23.0 Å². The van der Waals surface area contributed by atoms with Crippen molar-refractivity contribution in [2.24, 2.45) is 0 Å². The number of morpholine rings is 1. The van der Waals surface area contributed by atoms with Crippen LogP contribution in [0.3, 0.4) is 0 Å². The van der Waals surface area contributed by atoms with Gasteiger partial charge in [0.25, 0.3) is 0 Å². The third-order valence-electron chi connectivity index (χ3n) is 4.49. The van der Waals surface area contributed by atoms with E-state index >= 15 is 0 Å². The molecule has 0 aliphatic carbocycles. The van der Waals surface area contributed by atoms with Gasteiger partial charge in [-0.2, -0.15) is 0 Å². The summed E-state index contributed by atoms with van der Waals surface area (Å²) in [6.45, 7) is 6.01. The molecule has 1 saturated heterocycles. The molecule has 144 valence electrons. The molecule has 0 spiro atoms. The Hall–Kier alpha value is -2.27. The highest BCUT2D eigenvalue weighted by Crippen LogP contribution is 2.10. The van der Waals surface area contributed by atoms with Gasteiger partial charge in [0, 0.05) is 44.0 Å². The fourth-order valence-electron chi connectivity index (χ4n) is 3.03. The van der Waals surface area contributed by atoms with E-state index in [1.807, 2.05) is 0 Å². The monoisotopic (exact) mass is 375 g/mol. The Morgan fingerprint density at radius 2 is 2.07 bits per heavy atom. The van der Waals surface area contributed by atoms with Crippen molar-refractivity contribution in [2.75, 3.05) is 39.5 Å². The van der Waals surface area contributed by atoms with Crippen LogP contribution in [-0.2, 0) is 16.0 Å². The number of carbonyl (C=O) groups excluding carboxylic acids is 1. The molecule has 0 amide bonds. The molecule has 1 aliphatic heterocycles. The Kier molecular flexibility index (Phi) is 6.22. The number of hydrogen-bond donors (Lipinski definition) is 2. The minimum Gasteiger partial charge on any atom is -0.462 e. The predicted molar refractivity (Wildman–Crippen MR) is 99.0 cm³/mol. The molecule has 3 rings (SSSR count). The van der Waals surface area contributed by atoms with Crippen molar-refractivity contribution in [3.05, 3.63) is 34.2 Å². The Bertz CT molecular complexity index is 879. The smallest absolute Gasteiger partial charge is 0.462 e. The van der Waals surface area contributed by atoms with Gasteiger partial charge in [-0.3, -0.25) is 9.69 Å². The summed E-state index contributed by atoms with van der Waals surface area (Å²) in [6.07, 6.45) is 2.77. The summed E-state index contributed by atoms with van der Waals surface area (Å²) >= 11 is 0. The molecule has 0 unspecified atom stereocenters. The summed E-state index contributed by atoms with van der Waals surface area (Å²) in [6, 6.07) is 1.35. The van der Waals surface area contributed by atoms with Crippen LogP contribution in [-0.4, -0.2) is 77.0 Å². The highest BCUT2D eigenvalue weighted by molar-refractivity contribution is 6.58. The van der Waals surface area contributed by atoms with E-state index in [2.05, 4.69) is 9.88 Å². The van der Waals surface area contributed by atoms with E-state index in [1.165, 1.54) is 18.5 Å². The largest absolute Gasteiger partial charge is 0.490 e. The molecule has 2 aromatic rings. The maximum absolute atomic E-state index is 12.7.